The van der Waals surface area contributed by atoms with E-state index < -0.39 is 0 Å². The molecule has 0 bridgehead atoms. The van der Waals surface area contributed by atoms with Gasteiger partial charge in [-0.1, -0.05) is 55.3 Å². The van der Waals surface area contributed by atoms with Gasteiger partial charge in [0.1, 0.15) is 0 Å². The molecule has 29 heavy (non-hydrogen) atoms. The molecule has 0 spiro atoms. The number of likely N-dealkylation sites (tertiary alicyclic amines) is 1. The highest BCUT2D eigenvalue weighted by molar-refractivity contribution is 7.80. The van der Waals surface area contributed by atoms with Gasteiger partial charge in [0, 0.05) is 19.2 Å². The van der Waals surface area contributed by atoms with E-state index in [9.17, 15) is 9.59 Å². The first-order valence-corrected chi connectivity index (χ1v) is 10.3. The molecule has 1 aliphatic rings. The minimum Gasteiger partial charge on any atom is -0.339 e. The number of carbonyl (C=O) groups excluding carboxylic acids is 2. The Morgan fingerprint density at radius 3 is 2.28 bits per heavy atom. The van der Waals surface area contributed by atoms with Crippen LogP contribution in [0.25, 0.3) is 6.08 Å². The summed E-state index contributed by atoms with van der Waals surface area (Å²) in [5.74, 6) is -0.337. The van der Waals surface area contributed by atoms with Crippen LogP contribution in [0.1, 0.15) is 41.6 Å². The molecule has 3 rings (SSSR count). The molecule has 1 heterocycles. The van der Waals surface area contributed by atoms with Crippen molar-refractivity contribution in [3.05, 3.63) is 71.8 Å². The summed E-state index contributed by atoms with van der Waals surface area (Å²) in [5, 5.41) is 5.77. The Morgan fingerprint density at radius 1 is 0.897 bits per heavy atom. The summed E-state index contributed by atoms with van der Waals surface area (Å²) in [6, 6.07) is 16.8. The van der Waals surface area contributed by atoms with E-state index in [0.29, 0.717) is 11.3 Å². The van der Waals surface area contributed by atoms with Crippen LogP contribution in [-0.2, 0) is 4.79 Å². The summed E-state index contributed by atoms with van der Waals surface area (Å²) in [6.45, 7) is 1.55. The molecule has 2 aromatic rings. The molecule has 2 amide bonds. The normalized spacial score (nSPS) is 14.3. The lowest BCUT2D eigenvalue weighted by Crippen LogP contribution is -2.35. The molecule has 1 saturated heterocycles. The maximum atomic E-state index is 13.0. The Bertz CT molecular complexity index is 888. The average molecular weight is 408 g/mol. The summed E-state index contributed by atoms with van der Waals surface area (Å²) < 4.78 is 0. The molecule has 6 heteroatoms. The van der Waals surface area contributed by atoms with Gasteiger partial charge in [0.15, 0.2) is 5.11 Å². The zero-order chi connectivity index (χ0) is 20.5. The standard InChI is InChI=1S/C23H25N3O2S/c27-21(15-14-18-10-4-3-5-11-18)25-23(29)24-20-13-7-6-12-19(20)22(28)26-16-8-1-2-9-17-26/h3-7,10-15H,1-2,8-9,16-17H2,(H2,24,25,27,29)/b15-14+. The van der Waals surface area contributed by atoms with Gasteiger partial charge in [-0.2, -0.15) is 0 Å². The molecule has 0 saturated carbocycles. The number of nitrogens with zero attached hydrogens (tertiary/aromatic N) is 1. The van der Waals surface area contributed by atoms with Gasteiger partial charge in [-0.25, -0.2) is 0 Å². The van der Waals surface area contributed by atoms with Crippen molar-refractivity contribution in [1.29, 1.82) is 0 Å². The molecule has 1 aliphatic heterocycles. The predicted molar refractivity (Wildman–Crippen MR) is 121 cm³/mol. The molecule has 2 N–H and O–H groups in total. The molecule has 0 aliphatic carbocycles. The second-order valence-corrected chi connectivity index (χ2v) is 7.35. The SMILES string of the molecule is O=C(/C=C/c1ccccc1)NC(=S)Nc1ccccc1C(=O)N1CCCCCC1. The summed E-state index contributed by atoms with van der Waals surface area (Å²) in [5.41, 5.74) is 2.08. The van der Waals surface area contributed by atoms with Gasteiger partial charge in [-0.15, -0.1) is 0 Å². The van der Waals surface area contributed by atoms with Gasteiger partial charge in [0.05, 0.1) is 11.3 Å². The van der Waals surface area contributed by atoms with Crippen molar-refractivity contribution < 1.29 is 9.59 Å². The van der Waals surface area contributed by atoms with E-state index in [0.717, 1.165) is 44.3 Å². The monoisotopic (exact) mass is 407 g/mol. The van der Waals surface area contributed by atoms with Crippen LogP contribution in [0.3, 0.4) is 0 Å². The van der Waals surface area contributed by atoms with Crippen molar-refractivity contribution in [3.63, 3.8) is 0 Å². The fourth-order valence-corrected chi connectivity index (χ4v) is 3.48. The highest BCUT2D eigenvalue weighted by atomic mass is 32.1. The Labute approximate surface area is 176 Å². The summed E-state index contributed by atoms with van der Waals surface area (Å²) >= 11 is 5.27. The Morgan fingerprint density at radius 2 is 1.55 bits per heavy atom. The maximum absolute atomic E-state index is 13.0. The molecular weight excluding hydrogens is 382 g/mol. The fourth-order valence-electron chi connectivity index (χ4n) is 3.27. The zero-order valence-electron chi connectivity index (χ0n) is 16.3. The maximum Gasteiger partial charge on any atom is 0.255 e. The molecule has 1 fully saturated rings. The third-order valence-corrected chi connectivity index (χ3v) is 4.97. The van der Waals surface area contributed by atoms with Crippen LogP contribution >= 0.6 is 12.2 Å². The van der Waals surface area contributed by atoms with Crippen molar-refractivity contribution >= 4 is 40.9 Å². The predicted octanol–water partition coefficient (Wildman–Crippen LogP) is 4.23. The van der Waals surface area contributed by atoms with Gasteiger partial charge in [0.25, 0.3) is 5.91 Å². The van der Waals surface area contributed by atoms with Crippen LogP contribution in [0.4, 0.5) is 5.69 Å². The molecule has 0 atom stereocenters. The number of carbonyl (C=O) groups is 2. The zero-order valence-corrected chi connectivity index (χ0v) is 17.1. The Balaban J connectivity index is 1.62. The number of thiocarbonyl (C=S) groups is 1. The van der Waals surface area contributed by atoms with Gasteiger partial charge in [-0.05, 0) is 48.8 Å². The minimum absolute atomic E-state index is 0.00639. The summed E-state index contributed by atoms with van der Waals surface area (Å²) in [4.78, 5) is 27.0. The number of benzene rings is 2. The van der Waals surface area contributed by atoms with Crippen molar-refractivity contribution in [1.82, 2.24) is 10.2 Å². The van der Waals surface area contributed by atoms with Crippen LogP contribution in [0.5, 0.6) is 0 Å². The third-order valence-electron chi connectivity index (χ3n) is 4.76. The van der Waals surface area contributed by atoms with E-state index in [4.69, 9.17) is 12.2 Å². The lowest BCUT2D eigenvalue weighted by Gasteiger charge is -2.22. The lowest BCUT2D eigenvalue weighted by atomic mass is 10.1. The topological polar surface area (TPSA) is 61.4 Å². The number of para-hydroxylation sites is 1. The van der Waals surface area contributed by atoms with Gasteiger partial charge in [-0.3, -0.25) is 14.9 Å². The lowest BCUT2D eigenvalue weighted by molar-refractivity contribution is -0.115. The average Bonchev–Trinajstić information content (AvgIpc) is 3.02. The van der Waals surface area contributed by atoms with E-state index in [1.165, 1.54) is 6.08 Å². The van der Waals surface area contributed by atoms with Crippen molar-refractivity contribution in [2.45, 2.75) is 25.7 Å². The first kappa shape index (κ1) is 20.7. The van der Waals surface area contributed by atoms with Gasteiger partial charge >= 0.3 is 0 Å². The van der Waals surface area contributed by atoms with Crippen LogP contribution in [0.2, 0.25) is 0 Å². The van der Waals surface area contributed by atoms with Crippen LogP contribution in [-0.4, -0.2) is 34.9 Å². The summed E-state index contributed by atoms with van der Waals surface area (Å²) in [7, 11) is 0. The first-order valence-electron chi connectivity index (χ1n) is 9.87. The molecule has 0 radical (unpaired) electrons. The minimum atomic E-state index is -0.331. The first-order chi connectivity index (χ1) is 14.1. The highest BCUT2D eigenvalue weighted by Gasteiger charge is 2.20. The number of amides is 2. The van der Waals surface area contributed by atoms with E-state index in [-0.39, 0.29) is 16.9 Å². The fraction of sp³-hybridized carbons (Fsp3) is 0.261. The van der Waals surface area contributed by atoms with Crippen LogP contribution < -0.4 is 10.6 Å². The van der Waals surface area contributed by atoms with Gasteiger partial charge < -0.3 is 10.2 Å². The molecule has 150 valence electrons. The Hall–Kier alpha value is -2.99. The van der Waals surface area contributed by atoms with E-state index >= 15 is 0 Å². The third kappa shape index (κ3) is 6.26. The second-order valence-electron chi connectivity index (χ2n) is 6.94. The number of hydrogen-bond acceptors (Lipinski definition) is 3. The second kappa shape index (κ2) is 10.5. The van der Waals surface area contributed by atoms with Crippen LogP contribution in [0, 0.1) is 0 Å². The van der Waals surface area contributed by atoms with Crippen LogP contribution in [0.15, 0.2) is 60.7 Å². The van der Waals surface area contributed by atoms with E-state index in [1.807, 2.05) is 47.4 Å². The van der Waals surface area contributed by atoms with Gasteiger partial charge in [0.2, 0.25) is 5.91 Å². The smallest absolute Gasteiger partial charge is 0.255 e. The molecule has 5 nitrogen and oxygen atoms in total. The highest BCUT2D eigenvalue weighted by Crippen LogP contribution is 2.20. The quantitative estimate of drug-likeness (QED) is 0.588. The molecule has 2 aromatic carbocycles. The molecular formula is C23H25N3O2S. The number of hydrogen-bond donors (Lipinski definition) is 2. The molecule has 0 aromatic heterocycles. The van der Waals surface area contributed by atoms with Crippen molar-refractivity contribution in [2.24, 2.45) is 0 Å². The van der Waals surface area contributed by atoms with Crippen molar-refractivity contribution in [2.75, 3.05) is 18.4 Å². The number of anilines is 1. The molecule has 0 unspecified atom stereocenters. The number of nitrogens with one attached hydrogen (secondary N) is 2. The summed E-state index contributed by atoms with van der Waals surface area (Å²) in [6.07, 6.45) is 7.53. The van der Waals surface area contributed by atoms with E-state index in [1.54, 1.807) is 18.2 Å². The Kier molecular flexibility index (Phi) is 7.53. The largest absolute Gasteiger partial charge is 0.339 e. The van der Waals surface area contributed by atoms with Crippen molar-refractivity contribution in [3.8, 4) is 0 Å². The number of rotatable bonds is 4. The van der Waals surface area contributed by atoms with E-state index in [2.05, 4.69) is 10.6 Å².